The first-order chi connectivity index (χ1) is 13.0. The first kappa shape index (κ1) is 26.8. The van der Waals surface area contributed by atoms with Crippen molar-refractivity contribution in [1.82, 2.24) is 0 Å². The summed E-state index contributed by atoms with van der Waals surface area (Å²) in [6.45, 7) is 11.6. The lowest BCUT2D eigenvalue weighted by atomic mass is 10.0. The fraction of sp³-hybridized carbons (Fsp3) is 0.923. The van der Waals surface area contributed by atoms with E-state index in [1.54, 1.807) is 0 Å². The Hall–Kier alpha value is -0.223. The summed E-state index contributed by atoms with van der Waals surface area (Å²) < 4.78 is 0. The third-order valence-electron chi connectivity index (χ3n) is 6.74. The highest BCUT2D eigenvalue weighted by molar-refractivity contribution is 6.89. The van der Waals surface area contributed by atoms with Crippen LogP contribution in [0.2, 0.25) is 17.1 Å². The largest absolute Gasteiger partial charge is 0.144 e. The van der Waals surface area contributed by atoms with E-state index in [-0.39, 0.29) is 0 Å². The molecule has 27 heavy (non-hydrogen) atoms. The highest BCUT2D eigenvalue weighted by Crippen LogP contribution is 2.36. The third kappa shape index (κ3) is 12.8. The van der Waals surface area contributed by atoms with E-state index in [4.69, 9.17) is 6.42 Å². The highest BCUT2D eigenvalue weighted by atomic mass is 28.3. The molecule has 1 radical (unpaired) electrons. The number of hydrogen-bond acceptors (Lipinski definition) is 0. The van der Waals surface area contributed by atoms with Gasteiger partial charge in [0.1, 0.15) is 8.07 Å². The van der Waals surface area contributed by atoms with E-state index in [2.05, 4.69) is 40.2 Å². The molecule has 0 unspecified atom stereocenters. The van der Waals surface area contributed by atoms with E-state index < -0.39 is 8.07 Å². The smallest absolute Gasteiger partial charge is 0.117 e. The molecule has 0 saturated carbocycles. The molecule has 0 saturated heterocycles. The van der Waals surface area contributed by atoms with Crippen LogP contribution in [0.4, 0.5) is 0 Å². The number of unbranched alkanes of at least 4 members (excludes halogenated alkanes) is 15. The topological polar surface area (TPSA) is 0 Å². The van der Waals surface area contributed by atoms with E-state index in [0.29, 0.717) is 11.1 Å². The summed E-state index contributed by atoms with van der Waals surface area (Å²) in [5.74, 6) is 0. The Morgan fingerprint density at radius 2 is 0.852 bits per heavy atom. The lowest BCUT2D eigenvalue weighted by Gasteiger charge is -2.34. The maximum absolute atomic E-state index is 7.87. The van der Waals surface area contributed by atoms with Crippen molar-refractivity contribution < 1.29 is 0 Å². The molecule has 0 aliphatic heterocycles. The van der Waals surface area contributed by atoms with Crippen molar-refractivity contribution in [2.45, 2.75) is 154 Å². The van der Waals surface area contributed by atoms with Crippen LogP contribution >= 0.6 is 0 Å². The molecule has 0 N–H and O–H groups in total. The van der Waals surface area contributed by atoms with E-state index in [0.717, 1.165) is 0 Å². The lowest BCUT2D eigenvalue weighted by Crippen LogP contribution is -2.39. The van der Waals surface area contributed by atoms with Crippen LogP contribution in [0, 0.1) is 12.0 Å². The van der Waals surface area contributed by atoms with Gasteiger partial charge in [-0.15, -0.1) is 5.54 Å². The third-order valence-corrected chi connectivity index (χ3v) is 12.5. The fourth-order valence-electron chi connectivity index (χ4n) is 4.56. The van der Waals surface area contributed by atoms with Crippen molar-refractivity contribution in [1.29, 1.82) is 0 Å². The molecule has 0 aromatic carbocycles. The Bertz CT molecular complexity index is 342. The van der Waals surface area contributed by atoms with E-state index in [1.807, 2.05) is 0 Å². The fourth-order valence-corrected chi connectivity index (χ4v) is 8.59. The van der Waals surface area contributed by atoms with Crippen LogP contribution in [0.3, 0.4) is 0 Å². The molecule has 0 atom stereocenters. The van der Waals surface area contributed by atoms with Crippen LogP contribution in [0.5, 0.6) is 0 Å². The number of rotatable bonds is 19. The number of hydrogen-bond donors (Lipinski definition) is 0. The lowest BCUT2D eigenvalue weighted by molar-refractivity contribution is 0.531. The van der Waals surface area contributed by atoms with E-state index in [9.17, 15) is 0 Å². The second-order valence-electron chi connectivity index (χ2n) is 9.53. The normalized spacial score (nSPS) is 12.1. The zero-order valence-electron chi connectivity index (χ0n) is 19.7. The van der Waals surface area contributed by atoms with Crippen molar-refractivity contribution in [3.8, 4) is 5.54 Å². The molecular weight excluding hydrogens is 340 g/mol. The molecule has 0 aliphatic rings. The van der Waals surface area contributed by atoms with Gasteiger partial charge in [-0.2, -0.15) is 0 Å². The van der Waals surface area contributed by atoms with E-state index >= 15 is 0 Å². The van der Waals surface area contributed by atoms with Gasteiger partial charge in [0.25, 0.3) is 0 Å². The van der Waals surface area contributed by atoms with Gasteiger partial charge in [-0.25, -0.2) is 0 Å². The Kier molecular flexibility index (Phi) is 17.7. The summed E-state index contributed by atoms with van der Waals surface area (Å²) in [7, 11) is -1.61. The Balaban J connectivity index is 3.44. The maximum atomic E-state index is 7.87. The van der Waals surface area contributed by atoms with Crippen molar-refractivity contribution in [3.05, 3.63) is 6.42 Å². The average molecular weight is 392 g/mol. The first-order valence-corrected chi connectivity index (χ1v) is 14.8. The van der Waals surface area contributed by atoms with Gasteiger partial charge in [0.2, 0.25) is 0 Å². The molecule has 1 heteroatoms. The zero-order chi connectivity index (χ0) is 20.4. The first-order valence-electron chi connectivity index (χ1n) is 12.4. The summed E-state index contributed by atoms with van der Waals surface area (Å²) in [6.07, 6.45) is 30.7. The van der Waals surface area contributed by atoms with Crippen molar-refractivity contribution in [3.63, 3.8) is 0 Å². The SMILES string of the molecule is [C]#C[Si](CCCCCCCCCCCCCCCCCC)(C(C)C)C(C)C. The van der Waals surface area contributed by atoms with Gasteiger partial charge in [-0.1, -0.05) is 137 Å². The Labute approximate surface area is 174 Å². The summed E-state index contributed by atoms with van der Waals surface area (Å²) in [4.78, 5) is 0. The summed E-state index contributed by atoms with van der Waals surface area (Å²) in [5, 5.41) is 0. The molecule has 0 aromatic heterocycles. The zero-order valence-corrected chi connectivity index (χ0v) is 20.7. The van der Waals surface area contributed by atoms with Gasteiger partial charge >= 0.3 is 0 Å². The average Bonchev–Trinajstić information content (AvgIpc) is 2.64. The molecule has 0 heterocycles. The second kappa shape index (κ2) is 17.8. The predicted molar refractivity (Wildman–Crippen MR) is 127 cm³/mol. The van der Waals surface area contributed by atoms with Gasteiger partial charge < -0.3 is 0 Å². The van der Waals surface area contributed by atoms with Crippen molar-refractivity contribution in [2.24, 2.45) is 0 Å². The van der Waals surface area contributed by atoms with Crippen LogP contribution in [-0.4, -0.2) is 8.07 Å². The minimum atomic E-state index is -1.61. The van der Waals surface area contributed by atoms with E-state index in [1.165, 1.54) is 109 Å². The molecular formula is C26H51Si. The summed E-state index contributed by atoms with van der Waals surface area (Å²) in [6, 6.07) is 1.28. The summed E-state index contributed by atoms with van der Waals surface area (Å²) >= 11 is 0. The van der Waals surface area contributed by atoms with Crippen LogP contribution in [-0.2, 0) is 0 Å². The highest BCUT2D eigenvalue weighted by Gasteiger charge is 2.37. The molecule has 0 nitrogen and oxygen atoms in total. The van der Waals surface area contributed by atoms with Crippen molar-refractivity contribution >= 4 is 8.07 Å². The standard InChI is InChI=1S/C26H51Si/c1-7-9-10-11-12-13-14-15-16-17-18-19-20-21-22-23-24-27(8-2,25(3)4)26(5)6/h25-26H,7,9-24H2,1,3-6H3. The molecule has 0 amide bonds. The monoisotopic (exact) mass is 391 g/mol. The molecule has 0 aliphatic carbocycles. The Morgan fingerprint density at radius 1 is 0.556 bits per heavy atom. The molecule has 0 aromatic rings. The van der Waals surface area contributed by atoms with Gasteiger partial charge in [-0.3, -0.25) is 0 Å². The molecule has 0 fully saturated rings. The summed E-state index contributed by atoms with van der Waals surface area (Å²) in [5.41, 5.74) is 4.37. The molecule has 0 rings (SSSR count). The van der Waals surface area contributed by atoms with Gasteiger partial charge in [0.15, 0.2) is 0 Å². The van der Waals surface area contributed by atoms with Crippen LogP contribution in [0.15, 0.2) is 0 Å². The van der Waals surface area contributed by atoms with Crippen molar-refractivity contribution in [2.75, 3.05) is 0 Å². The van der Waals surface area contributed by atoms with Crippen LogP contribution < -0.4 is 0 Å². The predicted octanol–water partition coefficient (Wildman–Crippen LogP) is 9.65. The maximum Gasteiger partial charge on any atom is 0.144 e. The molecule has 0 bridgehead atoms. The molecule has 0 spiro atoms. The van der Waals surface area contributed by atoms with Crippen LogP contribution in [0.25, 0.3) is 0 Å². The van der Waals surface area contributed by atoms with Gasteiger partial charge in [-0.05, 0) is 23.5 Å². The minimum absolute atomic E-state index is 0.659. The molecule has 159 valence electrons. The van der Waals surface area contributed by atoms with Crippen LogP contribution in [0.1, 0.15) is 137 Å². The van der Waals surface area contributed by atoms with Gasteiger partial charge in [0.05, 0.1) is 0 Å². The Morgan fingerprint density at radius 3 is 1.11 bits per heavy atom. The minimum Gasteiger partial charge on any atom is -0.117 e. The van der Waals surface area contributed by atoms with Gasteiger partial charge in [0, 0.05) is 0 Å². The second-order valence-corrected chi connectivity index (χ2v) is 14.7. The quantitative estimate of drug-likeness (QED) is 0.117.